The SMILES string of the molecule is O=C(NCCCO)C(=O)Nc1ccccc1C(=O)NCc1ccccc1. The summed E-state index contributed by atoms with van der Waals surface area (Å²) in [6, 6.07) is 15.9. The fraction of sp³-hybridized carbons (Fsp3) is 0.211. The van der Waals surface area contributed by atoms with Crippen LogP contribution in [0, 0.1) is 0 Å². The van der Waals surface area contributed by atoms with Crippen molar-refractivity contribution in [3.63, 3.8) is 0 Å². The standard InChI is InChI=1S/C19H21N3O4/c23-12-6-11-20-18(25)19(26)22-16-10-5-4-9-15(16)17(24)21-13-14-7-2-1-3-8-14/h1-5,7-10,23H,6,11-13H2,(H,20,25)(H,21,24)(H,22,26). The summed E-state index contributed by atoms with van der Waals surface area (Å²) in [5.74, 6) is -2.05. The molecule has 0 aliphatic carbocycles. The highest BCUT2D eigenvalue weighted by Crippen LogP contribution is 2.15. The van der Waals surface area contributed by atoms with Crippen molar-refractivity contribution < 1.29 is 19.5 Å². The molecule has 136 valence electrons. The van der Waals surface area contributed by atoms with Crippen molar-refractivity contribution in [2.75, 3.05) is 18.5 Å². The van der Waals surface area contributed by atoms with Crippen molar-refractivity contribution in [1.82, 2.24) is 10.6 Å². The minimum atomic E-state index is -0.869. The van der Waals surface area contributed by atoms with Gasteiger partial charge in [0.2, 0.25) is 0 Å². The molecular formula is C19H21N3O4. The van der Waals surface area contributed by atoms with Crippen LogP contribution in [0.5, 0.6) is 0 Å². The van der Waals surface area contributed by atoms with Gasteiger partial charge in [-0.2, -0.15) is 0 Å². The lowest BCUT2D eigenvalue weighted by Gasteiger charge is -2.11. The molecule has 0 saturated heterocycles. The molecule has 7 nitrogen and oxygen atoms in total. The molecule has 0 aliphatic heterocycles. The molecule has 2 aromatic carbocycles. The van der Waals surface area contributed by atoms with Crippen LogP contribution in [0.2, 0.25) is 0 Å². The minimum Gasteiger partial charge on any atom is -0.396 e. The first-order valence-corrected chi connectivity index (χ1v) is 8.23. The summed E-state index contributed by atoms with van der Waals surface area (Å²) in [5.41, 5.74) is 1.46. The molecule has 0 fully saturated rings. The number of anilines is 1. The number of carbonyl (C=O) groups is 3. The number of hydrogen-bond acceptors (Lipinski definition) is 4. The Labute approximate surface area is 151 Å². The van der Waals surface area contributed by atoms with E-state index in [2.05, 4.69) is 16.0 Å². The first kappa shape index (κ1) is 19.1. The van der Waals surface area contributed by atoms with E-state index in [0.717, 1.165) is 5.56 Å². The van der Waals surface area contributed by atoms with Gasteiger partial charge in [-0.15, -0.1) is 0 Å². The number of amides is 3. The van der Waals surface area contributed by atoms with Crippen LogP contribution in [0.25, 0.3) is 0 Å². The van der Waals surface area contributed by atoms with Gasteiger partial charge in [-0.3, -0.25) is 14.4 Å². The number of nitrogens with one attached hydrogen (secondary N) is 3. The van der Waals surface area contributed by atoms with Gasteiger partial charge in [-0.25, -0.2) is 0 Å². The summed E-state index contributed by atoms with van der Waals surface area (Å²) in [6.45, 7) is 0.470. The quantitative estimate of drug-likeness (QED) is 0.440. The summed E-state index contributed by atoms with van der Waals surface area (Å²) < 4.78 is 0. The molecule has 7 heteroatoms. The van der Waals surface area contributed by atoms with Crippen molar-refractivity contribution in [1.29, 1.82) is 0 Å². The number of carbonyl (C=O) groups excluding carboxylic acids is 3. The van der Waals surface area contributed by atoms with Crippen LogP contribution in [0.1, 0.15) is 22.3 Å². The van der Waals surface area contributed by atoms with Crippen LogP contribution >= 0.6 is 0 Å². The molecule has 0 radical (unpaired) electrons. The second kappa shape index (κ2) is 9.95. The van der Waals surface area contributed by atoms with Gasteiger partial charge in [-0.05, 0) is 24.1 Å². The Hall–Kier alpha value is -3.19. The van der Waals surface area contributed by atoms with E-state index < -0.39 is 11.8 Å². The summed E-state index contributed by atoms with van der Waals surface area (Å²) >= 11 is 0. The molecule has 0 saturated carbocycles. The smallest absolute Gasteiger partial charge is 0.313 e. The summed E-state index contributed by atoms with van der Waals surface area (Å²) in [6.07, 6.45) is 0.359. The zero-order valence-corrected chi connectivity index (χ0v) is 14.2. The van der Waals surface area contributed by atoms with Crippen LogP contribution in [0.4, 0.5) is 5.69 Å². The lowest BCUT2D eigenvalue weighted by Crippen LogP contribution is -2.36. The first-order valence-electron chi connectivity index (χ1n) is 8.23. The lowest BCUT2D eigenvalue weighted by atomic mass is 10.1. The van der Waals surface area contributed by atoms with Crippen LogP contribution < -0.4 is 16.0 Å². The fourth-order valence-corrected chi connectivity index (χ4v) is 2.20. The van der Waals surface area contributed by atoms with Crippen LogP contribution in [0.15, 0.2) is 54.6 Å². The zero-order chi connectivity index (χ0) is 18.8. The zero-order valence-electron chi connectivity index (χ0n) is 14.2. The first-order chi connectivity index (χ1) is 12.6. The maximum Gasteiger partial charge on any atom is 0.313 e. The topological polar surface area (TPSA) is 108 Å². The summed E-state index contributed by atoms with van der Waals surface area (Å²) in [4.78, 5) is 36.1. The van der Waals surface area contributed by atoms with Crippen molar-refractivity contribution in [3.8, 4) is 0 Å². The van der Waals surface area contributed by atoms with Crippen LogP contribution in [-0.2, 0) is 16.1 Å². The van der Waals surface area contributed by atoms with E-state index in [-0.39, 0.29) is 30.3 Å². The van der Waals surface area contributed by atoms with Gasteiger partial charge in [0, 0.05) is 19.7 Å². The van der Waals surface area contributed by atoms with E-state index in [1.807, 2.05) is 30.3 Å². The van der Waals surface area contributed by atoms with E-state index in [9.17, 15) is 14.4 Å². The van der Waals surface area contributed by atoms with Crippen molar-refractivity contribution >= 4 is 23.4 Å². The highest BCUT2D eigenvalue weighted by atomic mass is 16.3. The highest BCUT2D eigenvalue weighted by molar-refractivity contribution is 6.40. The van der Waals surface area contributed by atoms with Gasteiger partial charge < -0.3 is 21.1 Å². The summed E-state index contributed by atoms with van der Waals surface area (Å²) in [7, 11) is 0. The fourth-order valence-electron chi connectivity index (χ4n) is 2.20. The minimum absolute atomic E-state index is 0.0771. The Morgan fingerprint density at radius 2 is 1.54 bits per heavy atom. The molecule has 26 heavy (non-hydrogen) atoms. The molecule has 2 aromatic rings. The number of rotatable bonds is 7. The van der Waals surface area contributed by atoms with E-state index >= 15 is 0 Å². The monoisotopic (exact) mass is 355 g/mol. The number of para-hydroxylation sites is 1. The maximum atomic E-state index is 12.4. The molecule has 2 rings (SSSR count). The molecule has 4 N–H and O–H groups in total. The molecule has 0 atom stereocenters. The molecule has 0 heterocycles. The highest BCUT2D eigenvalue weighted by Gasteiger charge is 2.17. The number of benzene rings is 2. The molecule has 0 bridgehead atoms. The summed E-state index contributed by atoms with van der Waals surface area (Å²) in [5, 5.41) is 16.3. The van der Waals surface area contributed by atoms with E-state index in [1.165, 1.54) is 0 Å². The third kappa shape index (κ3) is 5.71. The average molecular weight is 355 g/mol. The van der Waals surface area contributed by atoms with Gasteiger partial charge in [0.1, 0.15) is 0 Å². The third-order valence-corrected chi connectivity index (χ3v) is 3.54. The second-order valence-corrected chi connectivity index (χ2v) is 5.50. The Balaban J connectivity index is 1.99. The van der Waals surface area contributed by atoms with Crippen molar-refractivity contribution in [2.24, 2.45) is 0 Å². The van der Waals surface area contributed by atoms with Crippen molar-refractivity contribution in [2.45, 2.75) is 13.0 Å². The number of aliphatic hydroxyl groups excluding tert-OH is 1. The van der Waals surface area contributed by atoms with E-state index in [0.29, 0.717) is 13.0 Å². The Morgan fingerprint density at radius 3 is 2.27 bits per heavy atom. The predicted molar refractivity (Wildman–Crippen MR) is 97.4 cm³/mol. The predicted octanol–water partition coefficient (Wildman–Crippen LogP) is 1.05. The van der Waals surface area contributed by atoms with Gasteiger partial charge >= 0.3 is 11.8 Å². The van der Waals surface area contributed by atoms with Gasteiger partial charge in [0.25, 0.3) is 5.91 Å². The number of aliphatic hydroxyl groups is 1. The molecule has 0 aromatic heterocycles. The Morgan fingerprint density at radius 1 is 0.846 bits per heavy atom. The average Bonchev–Trinajstić information content (AvgIpc) is 2.67. The molecule has 0 unspecified atom stereocenters. The number of hydrogen-bond donors (Lipinski definition) is 4. The molecule has 0 aliphatic rings. The maximum absolute atomic E-state index is 12.4. The van der Waals surface area contributed by atoms with Crippen LogP contribution in [-0.4, -0.2) is 36.0 Å². The van der Waals surface area contributed by atoms with Gasteiger partial charge in [0.05, 0.1) is 11.3 Å². The Kier molecular flexibility index (Phi) is 7.32. The van der Waals surface area contributed by atoms with E-state index in [1.54, 1.807) is 24.3 Å². The largest absolute Gasteiger partial charge is 0.396 e. The second-order valence-electron chi connectivity index (χ2n) is 5.50. The molecule has 3 amide bonds. The molecular weight excluding hydrogens is 334 g/mol. The van der Waals surface area contributed by atoms with Crippen molar-refractivity contribution in [3.05, 3.63) is 65.7 Å². The van der Waals surface area contributed by atoms with E-state index in [4.69, 9.17) is 5.11 Å². The third-order valence-electron chi connectivity index (χ3n) is 3.54. The normalized spacial score (nSPS) is 10.0. The molecule has 0 spiro atoms. The lowest BCUT2D eigenvalue weighted by molar-refractivity contribution is -0.136. The Bertz CT molecular complexity index is 762. The van der Waals surface area contributed by atoms with Gasteiger partial charge in [-0.1, -0.05) is 42.5 Å². The van der Waals surface area contributed by atoms with Gasteiger partial charge in [0.15, 0.2) is 0 Å². The van der Waals surface area contributed by atoms with Crippen LogP contribution in [0.3, 0.4) is 0 Å².